The Morgan fingerprint density at radius 2 is 1.92 bits per heavy atom. The number of methoxy groups -OCH3 is 1. The van der Waals surface area contributed by atoms with Crippen LogP contribution in [-0.4, -0.2) is 63.1 Å². The molecule has 2 amide bonds. The monoisotopic (exact) mass is 502 g/mol. The zero-order valence-corrected chi connectivity index (χ0v) is 20.4. The summed E-state index contributed by atoms with van der Waals surface area (Å²) in [6, 6.07) is 6.18. The minimum Gasteiger partial charge on any atom is -0.496 e. The lowest BCUT2D eigenvalue weighted by atomic mass is 9.92. The Hall–Kier alpha value is -3.04. The van der Waals surface area contributed by atoms with E-state index in [1.807, 2.05) is 0 Å². The van der Waals surface area contributed by atoms with Gasteiger partial charge in [0.15, 0.2) is 0 Å². The molecule has 0 bridgehead atoms. The van der Waals surface area contributed by atoms with Crippen molar-refractivity contribution in [2.75, 3.05) is 40.1 Å². The zero-order chi connectivity index (χ0) is 25.7. The quantitative estimate of drug-likeness (QED) is 0.490. The SMILES string of the molecule is COc1c(C(=O)NC[C@H]2CCOC[C@@H]2O)cc(Cc2ccc(C(=O)NCCF)c(F)c2)c2c1CCC2. The fraction of sp³-hybridized carbons (Fsp3) is 0.481. The molecule has 0 saturated carbocycles. The van der Waals surface area contributed by atoms with Gasteiger partial charge in [-0.3, -0.25) is 9.59 Å². The molecule has 4 rings (SSSR count). The van der Waals surface area contributed by atoms with E-state index in [4.69, 9.17) is 9.47 Å². The minimum atomic E-state index is -0.723. The van der Waals surface area contributed by atoms with Gasteiger partial charge < -0.3 is 25.2 Å². The number of hydrogen-bond donors (Lipinski definition) is 3. The second-order valence-corrected chi connectivity index (χ2v) is 9.26. The molecule has 7 nitrogen and oxygen atoms in total. The first-order valence-corrected chi connectivity index (χ1v) is 12.3. The van der Waals surface area contributed by atoms with Crippen molar-refractivity contribution in [2.45, 2.75) is 38.2 Å². The molecule has 1 heterocycles. The summed E-state index contributed by atoms with van der Waals surface area (Å²) < 4.78 is 37.9. The first kappa shape index (κ1) is 26.0. The van der Waals surface area contributed by atoms with E-state index in [1.165, 1.54) is 12.1 Å². The number of alkyl halides is 1. The lowest BCUT2D eigenvalue weighted by Gasteiger charge is -2.28. The fourth-order valence-corrected chi connectivity index (χ4v) is 5.05. The maximum Gasteiger partial charge on any atom is 0.255 e. The maximum absolute atomic E-state index is 14.7. The number of hydrogen-bond acceptors (Lipinski definition) is 5. The van der Waals surface area contributed by atoms with E-state index in [0.29, 0.717) is 42.9 Å². The maximum atomic E-state index is 14.7. The van der Waals surface area contributed by atoms with Crippen molar-refractivity contribution < 1.29 is 33.0 Å². The topological polar surface area (TPSA) is 96.9 Å². The number of nitrogens with one attached hydrogen (secondary N) is 2. The van der Waals surface area contributed by atoms with Crippen LogP contribution < -0.4 is 15.4 Å². The predicted molar refractivity (Wildman–Crippen MR) is 130 cm³/mol. The van der Waals surface area contributed by atoms with E-state index in [1.54, 1.807) is 19.2 Å². The van der Waals surface area contributed by atoms with Gasteiger partial charge in [0.05, 0.1) is 30.9 Å². The van der Waals surface area contributed by atoms with Crippen molar-refractivity contribution in [3.05, 3.63) is 63.5 Å². The van der Waals surface area contributed by atoms with Gasteiger partial charge in [0, 0.05) is 25.6 Å². The lowest BCUT2D eigenvalue weighted by Crippen LogP contribution is -2.40. The van der Waals surface area contributed by atoms with E-state index >= 15 is 0 Å². The van der Waals surface area contributed by atoms with Crippen LogP contribution in [-0.2, 0) is 24.0 Å². The van der Waals surface area contributed by atoms with Gasteiger partial charge in [-0.1, -0.05) is 6.07 Å². The predicted octanol–water partition coefficient (Wildman–Crippen LogP) is 2.74. The number of benzene rings is 2. The fourth-order valence-electron chi connectivity index (χ4n) is 5.05. The van der Waals surface area contributed by atoms with Crippen molar-refractivity contribution in [1.29, 1.82) is 0 Å². The Morgan fingerprint density at radius 3 is 2.64 bits per heavy atom. The van der Waals surface area contributed by atoms with Gasteiger partial charge >= 0.3 is 0 Å². The number of fused-ring (bicyclic) bond motifs is 1. The molecule has 2 aliphatic rings. The third kappa shape index (κ3) is 5.68. The second kappa shape index (κ2) is 11.8. The summed E-state index contributed by atoms with van der Waals surface area (Å²) in [7, 11) is 1.55. The van der Waals surface area contributed by atoms with Gasteiger partial charge in [0.2, 0.25) is 0 Å². The molecule has 0 unspecified atom stereocenters. The van der Waals surface area contributed by atoms with Crippen LogP contribution in [0.4, 0.5) is 8.78 Å². The van der Waals surface area contributed by atoms with E-state index in [2.05, 4.69) is 10.6 Å². The van der Waals surface area contributed by atoms with Crippen LogP contribution in [0.5, 0.6) is 5.75 Å². The normalized spacial score (nSPS) is 19.0. The van der Waals surface area contributed by atoms with Crippen LogP contribution in [0.15, 0.2) is 24.3 Å². The van der Waals surface area contributed by atoms with E-state index in [-0.39, 0.29) is 30.5 Å². The van der Waals surface area contributed by atoms with Gasteiger partial charge in [-0.25, -0.2) is 8.78 Å². The highest BCUT2D eigenvalue weighted by Crippen LogP contribution is 2.37. The Bertz CT molecular complexity index is 1120. The standard InChI is InChI=1S/C27H32F2N2O5/c1-35-25-20-4-2-3-19(20)18(11-16-5-6-21(23(29)12-16)26(33)30-9-8-28)13-22(25)27(34)31-14-17-7-10-36-15-24(17)32/h5-6,12-13,17,24,32H,2-4,7-11,14-15H2,1H3,(H,30,33)(H,31,34)/t17-,24+/m1/s1. The molecule has 1 aliphatic heterocycles. The summed E-state index contributed by atoms with van der Waals surface area (Å²) in [5.74, 6) is -1.14. The highest BCUT2D eigenvalue weighted by Gasteiger charge is 2.28. The largest absolute Gasteiger partial charge is 0.496 e. The zero-order valence-electron chi connectivity index (χ0n) is 20.4. The first-order valence-electron chi connectivity index (χ1n) is 12.3. The van der Waals surface area contributed by atoms with Crippen LogP contribution in [0.3, 0.4) is 0 Å². The number of aliphatic hydroxyl groups excluding tert-OH is 1. The Kier molecular flexibility index (Phi) is 8.53. The van der Waals surface area contributed by atoms with E-state index in [9.17, 15) is 23.5 Å². The number of rotatable bonds is 9. The van der Waals surface area contributed by atoms with Gasteiger partial charge in [-0.05, 0) is 72.6 Å². The van der Waals surface area contributed by atoms with E-state index in [0.717, 1.165) is 36.0 Å². The molecule has 194 valence electrons. The minimum absolute atomic E-state index is 0.0776. The van der Waals surface area contributed by atoms with Crippen molar-refractivity contribution in [2.24, 2.45) is 5.92 Å². The number of halogens is 2. The Labute approximate surface area is 209 Å². The van der Waals surface area contributed by atoms with Crippen molar-refractivity contribution in [3.8, 4) is 5.75 Å². The molecule has 1 aliphatic carbocycles. The highest BCUT2D eigenvalue weighted by molar-refractivity contribution is 5.98. The number of carbonyl (C=O) groups is 2. The van der Waals surface area contributed by atoms with Crippen LogP contribution in [0.2, 0.25) is 0 Å². The Morgan fingerprint density at radius 1 is 1.14 bits per heavy atom. The molecule has 3 N–H and O–H groups in total. The van der Waals surface area contributed by atoms with Crippen LogP contribution in [0.25, 0.3) is 0 Å². The number of aliphatic hydroxyl groups is 1. The van der Waals surface area contributed by atoms with Gasteiger partial charge in [-0.15, -0.1) is 0 Å². The molecule has 1 fully saturated rings. The molecule has 2 atom stereocenters. The summed E-state index contributed by atoms with van der Waals surface area (Å²) in [6.07, 6.45) is 2.99. The van der Waals surface area contributed by atoms with Gasteiger partial charge in [0.25, 0.3) is 11.8 Å². The molecule has 2 aromatic rings. The third-order valence-electron chi connectivity index (χ3n) is 6.93. The molecule has 0 aromatic heterocycles. The summed E-state index contributed by atoms with van der Waals surface area (Å²) in [4.78, 5) is 25.2. The molecule has 9 heteroatoms. The summed E-state index contributed by atoms with van der Waals surface area (Å²) in [5.41, 5.74) is 3.95. The molecule has 0 spiro atoms. The third-order valence-corrected chi connectivity index (χ3v) is 6.93. The first-order chi connectivity index (χ1) is 17.4. The molecule has 36 heavy (non-hydrogen) atoms. The average Bonchev–Trinajstić information content (AvgIpc) is 3.37. The van der Waals surface area contributed by atoms with Crippen LogP contribution >= 0.6 is 0 Å². The summed E-state index contributed by atoms with van der Waals surface area (Å²) in [6.45, 7) is 0.252. The van der Waals surface area contributed by atoms with Gasteiger partial charge in [-0.2, -0.15) is 0 Å². The molecule has 1 saturated heterocycles. The molecular formula is C27H32F2N2O5. The van der Waals surface area contributed by atoms with Crippen molar-refractivity contribution >= 4 is 11.8 Å². The highest BCUT2D eigenvalue weighted by atomic mass is 19.1. The summed E-state index contributed by atoms with van der Waals surface area (Å²) in [5, 5.41) is 15.4. The molecule has 0 radical (unpaired) electrons. The van der Waals surface area contributed by atoms with Crippen LogP contribution in [0, 0.1) is 11.7 Å². The second-order valence-electron chi connectivity index (χ2n) is 9.26. The number of amides is 2. The smallest absolute Gasteiger partial charge is 0.255 e. The lowest BCUT2D eigenvalue weighted by molar-refractivity contribution is -0.0425. The van der Waals surface area contributed by atoms with Crippen molar-refractivity contribution in [1.82, 2.24) is 10.6 Å². The van der Waals surface area contributed by atoms with E-state index < -0.39 is 24.5 Å². The van der Waals surface area contributed by atoms with Crippen LogP contribution in [0.1, 0.15) is 55.8 Å². The van der Waals surface area contributed by atoms with Gasteiger partial charge in [0.1, 0.15) is 18.2 Å². The molecular weight excluding hydrogens is 470 g/mol. The number of ether oxygens (including phenoxy) is 2. The summed E-state index contributed by atoms with van der Waals surface area (Å²) >= 11 is 0. The average molecular weight is 503 g/mol. The number of carbonyl (C=O) groups excluding carboxylic acids is 2. The Balaban J connectivity index is 1.57. The molecule has 2 aromatic carbocycles. The van der Waals surface area contributed by atoms with Crippen molar-refractivity contribution in [3.63, 3.8) is 0 Å².